The number of rotatable bonds is 7. The Hall–Kier alpha value is -3.23. The topological polar surface area (TPSA) is 55.1 Å². The van der Waals surface area contributed by atoms with E-state index < -0.39 is 23.4 Å². The Morgan fingerprint density at radius 1 is 1.06 bits per heavy atom. The molecule has 1 aromatic heterocycles. The van der Waals surface area contributed by atoms with Gasteiger partial charge >= 0.3 is 0 Å². The van der Waals surface area contributed by atoms with Crippen molar-refractivity contribution in [3.63, 3.8) is 0 Å². The molecule has 0 saturated heterocycles. The normalized spacial score (nSPS) is 11.9. The fourth-order valence-corrected chi connectivity index (χ4v) is 4.44. The van der Waals surface area contributed by atoms with Crippen molar-refractivity contribution in [3.8, 4) is 11.3 Å². The number of benzene rings is 3. The second-order valence-electron chi connectivity index (χ2n) is 7.55. The van der Waals surface area contributed by atoms with Crippen LogP contribution in [0.4, 0.5) is 18.9 Å². The minimum Gasteiger partial charge on any atom is -0.356 e. The molecule has 0 fully saturated rings. The molecule has 1 N–H and O–H groups in total. The van der Waals surface area contributed by atoms with E-state index >= 15 is 0 Å². The first-order chi connectivity index (χ1) is 16.3. The lowest BCUT2D eigenvalue weighted by atomic mass is 10.1. The van der Waals surface area contributed by atoms with E-state index in [4.69, 9.17) is 16.1 Å². The molecule has 174 valence electrons. The first-order valence-electron chi connectivity index (χ1n) is 10.2. The molecule has 0 aliphatic carbocycles. The molecule has 0 aliphatic heterocycles. The molecule has 0 bridgehead atoms. The van der Waals surface area contributed by atoms with Crippen molar-refractivity contribution in [3.05, 3.63) is 100 Å². The highest BCUT2D eigenvalue weighted by Gasteiger charge is 2.17. The van der Waals surface area contributed by atoms with E-state index in [1.165, 1.54) is 17.8 Å². The number of aromatic nitrogens is 1. The number of nitrogens with one attached hydrogen (secondary N) is 1. The van der Waals surface area contributed by atoms with Crippen LogP contribution in [-0.2, 0) is 0 Å². The highest BCUT2D eigenvalue weighted by Crippen LogP contribution is 2.33. The molecule has 1 amide bonds. The third kappa shape index (κ3) is 5.46. The molecular formula is C25H18ClF3N2O2S. The molecule has 9 heteroatoms. The molecule has 4 nitrogen and oxygen atoms in total. The minimum absolute atomic E-state index is 0.0323. The first kappa shape index (κ1) is 23.9. The van der Waals surface area contributed by atoms with Crippen LogP contribution in [0.2, 0.25) is 5.02 Å². The van der Waals surface area contributed by atoms with Crippen LogP contribution >= 0.6 is 23.4 Å². The predicted molar refractivity (Wildman–Crippen MR) is 127 cm³/mol. The van der Waals surface area contributed by atoms with Crippen LogP contribution < -0.4 is 5.32 Å². The van der Waals surface area contributed by atoms with E-state index in [1.54, 1.807) is 12.1 Å². The first-order valence-corrected chi connectivity index (χ1v) is 11.6. The predicted octanol–water partition coefficient (Wildman–Crippen LogP) is 7.56. The van der Waals surface area contributed by atoms with Gasteiger partial charge in [-0.15, -0.1) is 11.8 Å². The van der Waals surface area contributed by atoms with Gasteiger partial charge in [0.15, 0.2) is 23.2 Å². The van der Waals surface area contributed by atoms with Gasteiger partial charge in [-0.2, -0.15) is 0 Å². The summed E-state index contributed by atoms with van der Waals surface area (Å²) in [6.45, 7) is 2.00. The highest BCUT2D eigenvalue weighted by atomic mass is 35.5. The van der Waals surface area contributed by atoms with Crippen LogP contribution in [0, 0.1) is 17.5 Å². The zero-order chi connectivity index (χ0) is 24.2. The summed E-state index contributed by atoms with van der Waals surface area (Å²) in [5.74, 6) is -3.66. The summed E-state index contributed by atoms with van der Waals surface area (Å²) in [6.07, 6.45) is 0. The molecule has 0 saturated carbocycles. The highest BCUT2D eigenvalue weighted by molar-refractivity contribution is 7.99. The third-order valence-corrected chi connectivity index (χ3v) is 6.77. The maximum Gasteiger partial charge on any atom is 0.255 e. The summed E-state index contributed by atoms with van der Waals surface area (Å²) in [6, 6.07) is 17.6. The maximum absolute atomic E-state index is 13.4. The van der Waals surface area contributed by atoms with Gasteiger partial charge in [0.2, 0.25) is 0 Å². The number of halogens is 4. The van der Waals surface area contributed by atoms with Gasteiger partial charge in [-0.05, 0) is 18.2 Å². The number of carbonyl (C=O) groups is 1. The lowest BCUT2D eigenvalue weighted by molar-refractivity contribution is 0.102. The van der Waals surface area contributed by atoms with E-state index in [0.29, 0.717) is 33.6 Å². The molecule has 4 aromatic rings. The van der Waals surface area contributed by atoms with E-state index in [0.717, 1.165) is 11.3 Å². The number of carbonyl (C=O) groups excluding carboxylic acids is 1. The van der Waals surface area contributed by atoms with Crippen molar-refractivity contribution in [1.82, 2.24) is 5.16 Å². The van der Waals surface area contributed by atoms with Crippen LogP contribution in [0.5, 0.6) is 0 Å². The van der Waals surface area contributed by atoms with Crippen LogP contribution in [0.1, 0.15) is 28.9 Å². The largest absolute Gasteiger partial charge is 0.356 e. The second kappa shape index (κ2) is 10.4. The lowest BCUT2D eigenvalue weighted by Crippen LogP contribution is -2.13. The van der Waals surface area contributed by atoms with Gasteiger partial charge in [0.1, 0.15) is 0 Å². The lowest BCUT2D eigenvalue weighted by Gasteiger charge is -2.11. The summed E-state index contributed by atoms with van der Waals surface area (Å²) >= 11 is 7.74. The number of hydrogen-bond acceptors (Lipinski definition) is 4. The monoisotopic (exact) mass is 502 g/mol. The van der Waals surface area contributed by atoms with Crippen LogP contribution in [-0.4, -0.2) is 16.8 Å². The summed E-state index contributed by atoms with van der Waals surface area (Å²) in [4.78, 5) is 13.2. The quantitative estimate of drug-likeness (QED) is 0.209. The van der Waals surface area contributed by atoms with E-state index in [1.807, 2.05) is 43.3 Å². The summed E-state index contributed by atoms with van der Waals surface area (Å²) in [5.41, 5.74) is 1.76. The Morgan fingerprint density at radius 3 is 2.47 bits per heavy atom. The Kier molecular flexibility index (Phi) is 7.29. The van der Waals surface area contributed by atoms with Crippen molar-refractivity contribution < 1.29 is 22.5 Å². The van der Waals surface area contributed by atoms with Gasteiger partial charge in [0.25, 0.3) is 5.91 Å². The van der Waals surface area contributed by atoms with Crippen LogP contribution in [0.15, 0.2) is 76.1 Å². The fraction of sp³-hybridized carbons (Fsp3) is 0.120. The summed E-state index contributed by atoms with van der Waals surface area (Å²) < 4.78 is 45.5. The van der Waals surface area contributed by atoms with Gasteiger partial charge in [0.05, 0.1) is 10.7 Å². The molecule has 1 heterocycles. The zero-order valence-corrected chi connectivity index (χ0v) is 19.4. The number of hydrogen-bond donors (Lipinski definition) is 1. The Bertz CT molecular complexity index is 1310. The summed E-state index contributed by atoms with van der Waals surface area (Å²) in [7, 11) is 0. The molecule has 0 aliphatic rings. The van der Waals surface area contributed by atoms with Gasteiger partial charge in [-0.1, -0.05) is 54.0 Å². The maximum atomic E-state index is 13.4. The molecule has 1 atom stereocenters. The van der Waals surface area contributed by atoms with E-state index in [2.05, 4.69) is 10.5 Å². The Morgan fingerprint density at radius 2 is 1.76 bits per heavy atom. The molecular weight excluding hydrogens is 485 g/mol. The molecule has 0 spiro atoms. The zero-order valence-electron chi connectivity index (χ0n) is 17.8. The van der Waals surface area contributed by atoms with Crippen molar-refractivity contribution >= 4 is 35.0 Å². The molecule has 34 heavy (non-hydrogen) atoms. The molecule has 3 aromatic carbocycles. The molecule has 0 radical (unpaired) electrons. The number of amides is 1. The van der Waals surface area contributed by atoms with Crippen molar-refractivity contribution in [2.24, 2.45) is 0 Å². The Balaban J connectivity index is 1.43. The summed E-state index contributed by atoms with van der Waals surface area (Å²) in [5, 5.41) is 6.99. The SMILES string of the molecule is CC(CSc1cc(C(=O)Nc2cc(F)c(F)c(F)c2)ccc1Cl)c1cc(-c2ccccc2)on1. The third-order valence-electron chi connectivity index (χ3n) is 5.02. The standard InChI is InChI=1S/C25H18ClF3N2O2S/c1-14(21-12-22(33-31-21)15-5-3-2-4-6-15)13-34-23-9-16(7-8-18(23)26)25(32)30-17-10-19(27)24(29)20(28)11-17/h2-12,14H,13H2,1H3,(H,30,32). The molecule has 4 rings (SSSR count). The van der Waals surface area contributed by atoms with E-state index in [9.17, 15) is 18.0 Å². The van der Waals surface area contributed by atoms with E-state index in [-0.39, 0.29) is 17.2 Å². The van der Waals surface area contributed by atoms with Crippen molar-refractivity contribution in [2.75, 3.05) is 11.1 Å². The minimum atomic E-state index is -1.60. The Labute approximate surface area is 203 Å². The second-order valence-corrected chi connectivity index (χ2v) is 9.02. The van der Waals surface area contributed by atoms with Crippen molar-refractivity contribution in [2.45, 2.75) is 17.7 Å². The van der Waals surface area contributed by atoms with Crippen LogP contribution in [0.25, 0.3) is 11.3 Å². The van der Waals surface area contributed by atoms with Gasteiger partial charge in [-0.25, -0.2) is 13.2 Å². The average molecular weight is 503 g/mol. The van der Waals surface area contributed by atoms with Gasteiger partial charge < -0.3 is 9.84 Å². The average Bonchev–Trinajstić information content (AvgIpc) is 3.33. The van der Waals surface area contributed by atoms with Gasteiger partial charge in [0, 0.05) is 51.6 Å². The van der Waals surface area contributed by atoms with Gasteiger partial charge in [-0.3, -0.25) is 4.79 Å². The fourth-order valence-electron chi connectivity index (χ4n) is 3.15. The molecule has 1 unspecified atom stereocenters. The number of anilines is 1. The number of thioether (sulfide) groups is 1. The van der Waals surface area contributed by atoms with Crippen molar-refractivity contribution in [1.29, 1.82) is 0 Å². The van der Waals surface area contributed by atoms with Crippen LogP contribution in [0.3, 0.4) is 0 Å². The smallest absolute Gasteiger partial charge is 0.255 e. The number of nitrogens with zero attached hydrogens (tertiary/aromatic N) is 1.